The highest BCUT2D eigenvalue weighted by Gasteiger charge is 2.07. The van der Waals surface area contributed by atoms with Gasteiger partial charge in [-0.15, -0.1) is 6.42 Å². The van der Waals surface area contributed by atoms with Gasteiger partial charge in [0.1, 0.15) is 0 Å². The van der Waals surface area contributed by atoms with Crippen LogP contribution in [-0.4, -0.2) is 14.6 Å². The average Bonchev–Trinajstić information content (AvgIpc) is 2.59. The first-order valence-electron chi connectivity index (χ1n) is 4.52. The van der Waals surface area contributed by atoms with Crippen molar-refractivity contribution in [2.45, 2.75) is 19.8 Å². The molecule has 2 rings (SSSR count). The summed E-state index contributed by atoms with van der Waals surface area (Å²) in [5.41, 5.74) is 2.67. The topological polar surface area (TPSA) is 30.2 Å². The van der Waals surface area contributed by atoms with E-state index in [0.29, 0.717) is 5.92 Å². The minimum Gasteiger partial charge on any atom is -0.235 e. The van der Waals surface area contributed by atoms with Gasteiger partial charge in [0.15, 0.2) is 5.65 Å². The first-order chi connectivity index (χ1) is 6.72. The summed E-state index contributed by atoms with van der Waals surface area (Å²) in [5.74, 6) is 2.95. The number of aromatic nitrogens is 3. The number of fused-ring (bicyclic) bond motifs is 1. The van der Waals surface area contributed by atoms with Crippen molar-refractivity contribution in [1.82, 2.24) is 14.6 Å². The molecule has 0 aliphatic carbocycles. The fourth-order valence-electron chi connectivity index (χ4n) is 1.37. The molecule has 2 aromatic heterocycles. The molecule has 0 saturated carbocycles. The van der Waals surface area contributed by atoms with Crippen LogP contribution in [0.5, 0.6) is 0 Å². The zero-order valence-electron chi connectivity index (χ0n) is 8.23. The molecule has 0 aliphatic heterocycles. The van der Waals surface area contributed by atoms with E-state index < -0.39 is 0 Å². The maximum atomic E-state index is 5.28. The van der Waals surface area contributed by atoms with Crippen LogP contribution in [0, 0.1) is 12.3 Å². The Labute approximate surface area is 82.8 Å². The lowest BCUT2D eigenvalue weighted by Crippen LogP contribution is -1.99. The molecule has 0 spiro atoms. The Morgan fingerprint density at radius 2 is 2.21 bits per heavy atom. The number of hydrogen-bond acceptors (Lipinski definition) is 2. The van der Waals surface area contributed by atoms with Gasteiger partial charge in [-0.25, -0.2) is 9.50 Å². The maximum absolute atomic E-state index is 5.28. The number of imidazole rings is 1. The molecule has 0 amide bonds. The monoisotopic (exact) mass is 185 g/mol. The third-order valence-electron chi connectivity index (χ3n) is 2.15. The summed E-state index contributed by atoms with van der Waals surface area (Å²) in [7, 11) is 0. The third kappa shape index (κ3) is 1.25. The lowest BCUT2D eigenvalue weighted by Gasteiger charge is -2.02. The van der Waals surface area contributed by atoms with Crippen molar-refractivity contribution in [3.05, 3.63) is 29.7 Å². The highest BCUT2D eigenvalue weighted by molar-refractivity contribution is 5.46. The van der Waals surface area contributed by atoms with Gasteiger partial charge in [0, 0.05) is 11.6 Å². The van der Waals surface area contributed by atoms with E-state index in [1.165, 1.54) is 0 Å². The van der Waals surface area contributed by atoms with Crippen LogP contribution in [0.3, 0.4) is 0 Å². The molecule has 0 bridgehead atoms. The van der Waals surface area contributed by atoms with E-state index >= 15 is 0 Å². The van der Waals surface area contributed by atoms with Gasteiger partial charge in [-0.05, 0) is 5.92 Å². The second kappa shape index (κ2) is 3.15. The molecule has 0 N–H and O–H groups in total. The van der Waals surface area contributed by atoms with Gasteiger partial charge in [0.05, 0.1) is 18.1 Å². The van der Waals surface area contributed by atoms with Gasteiger partial charge >= 0.3 is 0 Å². The molecule has 70 valence electrons. The van der Waals surface area contributed by atoms with E-state index in [4.69, 9.17) is 6.42 Å². The summed E-state index contributed by atoms with van der Waals surface area (Å²) in [5, 5.41) is 4.24. The zero-order chi connectivity index (χ0) is 10.1. The van der Waals surface area contributed by atoms with Crippen LogP contribution in [0.15, 0.2) is 18.5 Å². The van der Waals surface area contributed by atoms with E-state index in [2.05, 4.69) is 29.9 Å². The largest absolute Gasteiger partial charge is 0.235 e. The van der Waals surface area contributed by atoms with Crippen LogP contribution >= 0.6 is 0 Å². The van der Waals surface area contributed by atoms with Crippen LogP contribution in [0.1, 0.15) is 31.0 Å². The van der Waals surface area contributed by atoms with E-state index in [1.807, 2.05) is 16.8 Å². The Morgan fingerprint density at radius 3 is 2.86 bits per heavy atom. The Kier molecular flexibility index (Phi) is 1.97. The second-order valence-electron chi connectivity index (χ2n) is 3.50. The van der Waals surface area contributed by atoms with Crippen molar-refractivity contribution < 1.29 is 0 Å². The minimum atomic E-state index is 0.411. The summed E-state index contributed by atoms with van der Waals surface area (Å²) in [4.78, 5) is 4.25. The molecule has 0 atom stereocenters. The lowest BCUT2D eigenvalue weighted by atomic mass is 10.2. The van der Waals surface area contributed by atoms with Gasteiger partial charge in [0.25, 0.3) is 0 Å². The van der Waals surface area contributed by atoms with Crippen LogP contribution in [0.25, 0.3) is 5.65 Å². The summed E-state index contributed by atoms with van der Waals surface area (Å²) >= 11 is 0. The molecule has 14 heavy (non-hydrogen) atoms. The summed E-state index contributed by atoms with van der Waals surface area (Å²) in [6.07, 6.45) is 8.80. The van der Waals surface area contributed by atoms with Crippen molar-refractivity contribution >= 4 is 5.65 Å². The Hall–Kier alpha value is -1.82. The Balaban J connectivity index is 2.67. The summed E-state index contributed by atoms with van der Waals surface area (Å²) in [6, 6.07) is 1.86. The molecular weight excluding hydrogens is 174 g/mol. The molecule has 0 fully saturated rings. The predicted octanol–water partition coefficient (Wildman–Crippen LogP) is 1.83. The highest BCUT2D eigenvalue weighted by Crippen LogP contribution is 2.15. The molecule has 3 nitrogen and oxygen atoms in total. The smallest absolute Gasteiger partial charge is 0.155 e. The van der Waals surface area contributed by atoms with Crippen molar-refractivity contribution in [1.29, 1.82) is 0 Å². The van der Waals surface area contributed by atoms with Gasteiger partial charge in [0.2, 0.25) is 0 Å². The molecule has 0 saturated heterocycles. The van der Waals surface area contributed by atoms with Crippen molar-refractivity contribution in [3.63, 3.8) is 0 Å². The number of terminal acetylenes is 1. The molecular formula is C11H11N3. The van der Waals surface area contributed by atoms with E-state index in [-0.39, 0.29) is 0 Å². The molecule has 2 heterocycles. The number of rotatable bonds is 1. The molecule has 0 unspecified atom stereocenters. The van der Waals surface area contributed by atoms with Gasteiger partial charge in [-0.2, -0.15) is 5.10 Å². The van der Waals surface area contributed by atoms with Crippen LogP contribution < -0.4 is 0 Å². The molecule has 0 radical (unpaired) electrons. The SMILES string of the molecule is C#Cc1cnn2c(C(C)C)cnc2c1. The Morgan fingerprint density at radius 1 is 1.43 bits per heavy atom. The van der Waals surface area contributed by atoms with Crippen molar-refractivity contribution in [2.75, 3.05) is 0 Å². The maximum Gasteiger partial charge on any atom is 0.155 e. The number of nitrogens with zero attached hydrogens (tertiary/aromatic N) is 3. The van der Waals surface area contributed by atoms with Gasteiger partial charge in [-0.1, -0.05) is 19.8 Å². The number of hydrogen-bond donors (Lipinski definition) is 0. The molecule has 2 aromatic rings. The predicted molar refractivity (Wildman–Crippen MR) is 55.0 cm³/mol. The fourth-order valence-corrected chi connectivity index (χ4v) is 1.37. The quantitative estimate of drug-likeness (QED) is 0.634. The molecule has 0 aromatic carbocycles. The fraction of sp³-hybridized carbons (Fsp3) is 0.273. The molecule has 3 heteroatoms. The van der Waals surface area contributed by atoms with Gasteiger partial charge in [-0.3, -0.25) is 0 Å². The van der Waals surface area contributed by atoms with Crippen molar-refractivity contribution in [3.8, 4) is 12.3 Å². The minimum absolute atomic E-state index is 0.411. The average molecular weight is 185 g/mol. The first kappa shape index (κ1) is 8.76. The van der Waals surface area contributed by atoms with Crippen molar-refractivity contribution in [2.24, 2.45) is 0 Å². The normalized spacial score (nSPS) is 10.7. The third-order valence-corrected chi connectivity index (χ3v) is 2.15. The van der Waals surface area contributed by atoms with E-state index in [0.717, 1.165) is 16.9 Å². The zero-order valence-corrected chi connectivity index (χ0v) is 8.23. The van der Waals surface area contributed by atoms with E-state index in [1.54, 1.807) is 6.20 Å². The van der Waals surface area contributed by atoms with E-state index in [9.17, 15) is 0 Å². The summed E-state index contributed by atoms with van der Waals surface area (Å²) in [6.45, 7) is 4.22. The lowest BCUT2D eigenvalue weighted by molar-refractivity contribution is 0.758. The van der Waals surface area contributed by atoms with Crippen LogP contribution in [-0.2, 0) is 0 Å². The first-order valence-corrected chi connectivity index (χ1v) is 4.52. The highest BCUT2D eigenvalue weighted by atomic mass is 15.3. The second-order valence-corrected chi connectivity index (χ2v) is 3.50. The molecule has 0 aliphatic rings. The van der Waals surface area contributed by atoms with Crippen LogP contribution in [0.4, 0.5) is 0 Å². The van der Waals surface area contributed by atoms with Gasteiger partial charge < -0.3 is 0 Å². The standard InChI is InChI=1S/C11H11N3/c1-4-9-5-11-12-7-10(8(2)3)14(11)13-6-9/h1,5-8H,2-3H3. The summed E-state index contributed by atoms with van der Waals surface area (Å²) < 4.78 is 1.82. The van der Waals surface area contributed by atoms with Crippen LogP contribution in [0.2, 0.25) is 0 Å². The Bertz CT molecular complexity index is 503.